The molecule has 2 aromatic carbocycles. The molecule has 2 aromatic rings. The molecule has 20 heavy (non-hydrogen) atoms. The van der Waals surface area contributed by atoms with Crippen LogP contribution < -0.4 is 5.73 Å². The minimum atomic E-state index is -0.0788. The van der Waals surface area contributed by atoms with Gasteiger partial charge in [0.05, 0.1) is 0 Å². The topological polar surface area (TPSA) is 66.6 Å². The summed E-state index contributed by atoms with van der Waals surface area (Å²) in [6.45, 7) is 2.30. The van der Waals surface area contributed by atoms with Crippen LogP contribution in [0, 0.1) is 6.92 Å². The van der Waals surface area contributed by atoms with Crippen molar-refractivity contribution in [2.45, 2.75) is 13.5 Å². The maximum atomic E-state index is 12.4. The molecule has 0 radical (unpaired) electrons. The van der Waals surface area contributed by atoms with E-state index in [4.69, 9.17) is 5.73 Å². The molecule has 104 valence electrons. The number of aromatic hydroxyl groups is 1. The lowest BCUT2D eigenvalue weighted by Crippen LogP contribution is -2.26. The molecule has 0 bridgehead atoms. The highest BCUT2D eigenvalue weighted by Gasteiger charge is 2.14. The van der Waals surface area contributed by atoms with E-state index in [0.29, 0.717) is 17.8 Å². The number of carbonyl (C=O) groups is 1. The average Bonchev–Trinajstić information content (AvgIpc) is 2.38. The Morgan fingerprint density at radius 3 is 2.65 bits per heavy atom. The lowest BCUT2D eigenvalue weighted by Gasteiger charge is -2.18. The number of rotatable bonds is 3. The van der Waals surface area contributed by atoms with Crippen LogP contribution in [0.1, 0.15) is 21.5 Å². The SMILES string of the molecule is Cc1cc(O)ccc1C(=O)N(C)Cc1cccc(N)c1. The zero-order valence-electron chi connectivity index (χ0n) is 11.6. The number of amides is 1. The van der Waals surface area contributed by atoms with Crippen LogP contribution in [0.3, 0.4) is 0 Å². The van der Waals surface area contributed by atoms with Gasteiger partial charge in [0.2, 0.25) is 0 Å². The molecule has 2 rings (SSSR count). The summed E-state index contributed by atoms with van der Waals surface area (Å²) in [5, 5.41) is 9.38. The summed E-state index contributed by atoms with van der Waals surface area (Å²) < 4.78 is 0. The van der Waals surface area contributed by atoms with Crippen LogP contribution in [0.25, 0.3) is 0 Å². The minimum Gasteiger partial charge on any atom is -0.508 e. The molecular formula is C16H18N2O2. The first-order chi connectivity index (χ1) is 9.47. The Morgan fingerprint density at radius 1 is 1.25 bits per heavy atom. The van der Waals surface area contributed by atoms with Gasteiger partial charge in [0.15, 0.2) is 0 Å². The van der Waals surface area contributed by atoms with Gasteiger partial charge >= 0.3 is 0 Å². The lowest BCUT2D eigenvalue weighted by atomic mass is 10.1. The molecule has 0 fully saturated rings. The second-order valence-electron chi connectivity index (χ2n) is 4.91. The van der Waals surface area contributed by atoms with Crippen LogP contribution >= 0.6 is 0 Å². The van der Waals surface area contributed by atoms with Crippen molar-refractivity contribution in [3.05, 3.63) is 59.2 Å². The van der Waals surface area contributed by atoms with Crippen molar-refractivity contribution in [3.63, 3.8) is 0 Å². The summed E-state index contributed by atoms with van der Waals surface area (Å²) in [7, 11) is 1.75. The number of hydrogen-bond acceptors (Lipinski definition) is 3. The Morgan fingerprint density at radius 2 is 2.00 bits per heavy atom. The van der Waals surface area contributed by atoms with E-state index in [1.807, 2.05) is 24.3 Å². The normalized spacial score (nSPS) is 10.3. The number of carbonyl (C=O) groups excluding carboxylic acids is 1. The number of phenols is 1. The van der Waals surface area contributed by atoms with Crippen molar-refractivity contribution < 1.29 is 9.90 Å². The van der Waals surface area contributed by atoms with Crippen molar-refractivity contribution in [3.8, 4) is 5.75 Å². The summed E-state index contributed by atoms with van der Waals surface area (Å²) in [6.07, 6.45) is 0. The highest BCUT2D eigenvalue weighted by Crippen LogP contribution is 2.18. The standard InChI is InChI=1S/C16H18N2O2/c1-11-8-14(19)6-7-15(11)16(20)18(2)10-12-4-3-5-13(17)9-12/h3-9,19H,10,17H2,1-2H3. The van der Waals surface area contributed by atoms with Gasteiger partial charge in [-0.05, 0) is 48.4 Å². The number of nitrogens with zero attached hydrogens (tertiary/aromatic N) is 1. The second-order valence-corrected chi connectivity index (χ2v) is 4.91. The largest absolute Gasteiger partial charge is 0.508 e. The first kappa shape index (κ1) is 13.9. The smallest absolute Gasteiger partial charge is 0.254 e. The van der Waals surface area contributed by atoms with E-state index in [2.05, 4.69) is 0 Å². The monoisotopic (exact) mass is 270 g/mol. The van der Waals surface area contributed by atoms with E-state index in [0.717, 1.165) is 11.1 Å². The fraction of sp³-hybridized carbons (Fsp3) is 0.188. The van der Waals surface area contributed by atoms with Crippen molar-refractivity contribution in [2.75, 3.05) is 12.8 Å². The summed E-state index contributed by atoms with van der Waals surface area (Å²) in [5.41, 5.74) is 8.75. The average molecular weight is 270 g/mol. The van der Waals surface area contributed by atoms with Crippen LogP contribution in [0.2, 0.25) is 0 Å². The summed E-state index contributed by atoms with van der Waals surface area (Å²) in [6, 6.07) is 12.2. The fourth-order valence-corrected chi connectivity index (χ4v) is 2.13. The van der Waals surface area contributed by atoms with Crippen LogP contribution in [0.15, 0.2) is 42.5 Å². The maximum absolute atomic E-state index is 12.4. The molecule has 0 heterocycles. The Balaban J connectivity index is 2.16. The number of anilines is 1. The summed E-state index contributed by atoms with van der Waals surface area (Å²) in [5.74, 6) is 0.0856. The highest BCUT2D eigenvalue weighted by atomic mass is 16.3. The fourth-order valence-electron chi connectivity index (χ4n) is 2.13. The van der Waals surface area contributed by atoms with E-state index in [1.54, 1.807) is 31.0 Å². The Bertz CT molecular complexity index is 638. The highest BCUT2D eigenvalue weighted by molar-refractivity contribution is 5.95. The number of aryl methyl sites for hydroxylation is 1. The van der Waals surface area contributed by atoms with E-state index in [9.17, 15) is 9.90 Å². The van der Waals surface area contributed by atoms with Gasteiger partial charge < -0.3 is 15.7 Å². The van der Waals surface area contributed by atoms with Gasteiger partial charge in [0, 0.05) is 24.8 Å². The maximum Gasteiger partial charge on any atom is 0.254 e. The van der Waals surface area contributed by atoms with Crippen LogP contribution in [0.4, 0.5) is 5.69 Å². The third kappa shape index (κ3) is 3.09. The molecule has 0 unspecified atom stereocenters. The molecule has 0 aliphatic rings. The summed E-state index contributed by atoms with van der Waals surface area (Å²) >= 11 is 0. The number of nitrogen functional groups attached to an aromatic ring is 1. The van der Waals surface area contributed by atoms with Gasteiger partial charge in [-0.25, -0.2) is 0 Å². The quantitative estimate of drug-likeness (QED) is 0.842. The van der Waals surface area contributed by atoms with Gasteiger partial charge in [0.1, 0.15) is 5.75 Å². The van der Waals surface area contributed by atoms with Crippen molar-refractivity contribution >= 4 is 11.6 Å². The Labute approximate surface area is 118 Å². The molecule has 0 aliphatic carbocycles. The van der Waals surface area contributed by atoms with Crippen LogP contribution in [-0.4, -0.2) is 23.0 Å². The number of nitrogens with two attached hydrogens (primary N) is 1. The molecule has 3 N–H and O–H groups in total. The van der Waals surface area contributed by atoms with E-state index in [1.165, 1.54) is 6.07 Å². The minimum absolute atomic E-state index is 0.0788. The van der Waals surface area contributed by atoms with Gasteiger partial charge in [-0.3, -0.25) is 4.79 Å². The van der Waals surface area contributed by atoms with Crippen LogP contribution in [-0.2, 0) is 6.54 Å². The molecule has 0 saturated heterocycles. The second kappa shape index (κ2) is 5.65. The predicted octanol–water partition coefficient (Wildman–Crippen LogP) is 2.56. The molecule has 4 heteroatoms. The molecular weight excluding hydrogens is 252 g/mol. The Kier molecular flexibility index (Phi) is 3.94. The van der Waals surface area contributed by atoms with Crippen molar-refractivity contribution in [1.82, 2.24) is 4.90 Å². The van der Waals surface area contributed by atoms with Gasteiger partial charge in [-0.1, -0.05) is 12.1 Å². The molecule has 0 aliphatic heterocycles. The molecule has 0 aromatic heterocycles. The van der Waals surface area contributed by atoms with E-state index < -0.39 is 0 Å². The number of benzene rings is 2. The molecule has 0 atom stereocenters. The number of phenolic OH excluding ortho intramolecular Hbond substituents is 1. The first-order valence-corrected chi connectivity index (χ1v) is 6.37. The zero-order chi connectivity index (χ0) is 14.7. The third-order valence-electron chi connectivity index (χ3n) is 3.16. The van der Waals surface area contributed by atoms with Gasteiger partial charge in [-0.15, -0.1) is 0 Å². The van der Waals surface area contributed by atoms with Crippen molar-refractivity contribution in [2.24, 2.45) is 0 Å². The summed E-state index contributed by atoms with van der Waals surface area (Å²) in [4.78, 5) is 14.0. The van der Waals surface area contributed by atoms with Gasteiger partial charge in [-0.2, -0.15) is 0 Å². The molecule has 1 amide bonds. The van der Waals surface area contributed by atoms with Crippen molar-refractivity contribution in [1.29, 1.82) is 0 Å². The van der Waals surface area contributed by atoms with E-state index >= 15 is 0 Å². The number of hydrogen-bond donors (Lipinski definition) is 2. The molecule has 0 spiro atoms. The van der Waals surface area contributed by atoms with Crippen LogP contribution in [0.5, 0.6) is 5.75 Å². The Hall–Kier alpha value is -2.49. The van der Waals surface area contributed by atoms with E-state index in [-0.39, 0.29) is 11.7 Å². The predicted molar refractivity (Wildman–Crippen MR) is 79.5 cm³/mol. The zero-order valence-corrected chi connectivity index (χ0v) is 11.6. The lowest BCUT2D eigenvalue weighted by molar-refractivity contribution is 0.0784. The molecule has 0 saturated carbocycles. The first-order valence-electron chi connectivity index (χ1n) is 6.37. The van der Waals surface area contributed by atoms with Gasteiger partial charge in [0.25, 0.3) is 5.91 Å². The molecule has 4 nitrogen and oxygen atoms in total. The third-order valence-corrected chi connectivity index (χ3v) is 3.16.